The van der Waals surface area contributed by atoms with Crippen LogP contribution in [0, 0.1) is 13.8 Å². The molecule has 0 fully saturated rings. The number of anilines is 1. The molecular formula is C22H22N2O2. The van der Waals surface area contributed by atoms with Crippen LogP contribution in [-0.2, 0) is 9.59 Å². The molecule has 26 heavy (non-hydrogen) atoms. The fourth-order valence-corrected chi connectivity index (χ4v) is 4.07. The van der Waals surface area contributed by atoms with Crippen LogP contribution < -0.4 is 4.90 Å². The lowest BCUT2D eigenvalue weighted by Crippen LogP contribution is -2.41. The van der Waals surface area contributed by atoms with Gasteiger partial charge in [-0.15, -0.1) is 0 Å². The molecule has 132 valence electrons. The maximum absolute atomic E-state index is 13.2. The van der Waals surface area contributed by atoms with E-state index in [0.29, 0.717) is 6.42 Å². The third-order valence-corrected chi connectivity index (χ3v) is 5.33. The van der Waals surface area contributed by atoms with E-state index < -0.39 is 0 Å². The minimum atomic E-state index is -0.229. The van der Waals surface area contributed by atoms with E-state index in [1.165, 1.54) is 0 Å². The first-order chi connectivity index (χ1) is 12.6. The first kappa shape index (κ1) is 16.7. The summed E-state index contributed by atoms with van der Waals surface area (Å²) in [6.07, 6.45) is 4.11. The lowest BCUT2D eigenvalue weighted by Gasteiger charge is -2.38. The highest BCUT2D eigenvalue weighted by molar-refractivity contribution is 6.07. The molecule has 2 aromatic rings. The van der Waals surface area contributed by atoms with Gasteiger partial charge in [0.1, 0.15) is 0 Å². The van der Waals surface area contributed by atoms with Crippen LogP contribution in [0.3, 0.4) is 0 Å². The Morgan fingerprint density at radius 3 is 2.69 bits per heavy atom. The van der Waals surface area contributed by atoms with E-state index in [0.717, 1.165) is 46.6 Å². The van der Waals surface area contributed by atoms with Crippen molar-refractivity contribution in [3.8, 4) is 0 Å². The molecule has 4 heteroatoms. The van der Waals surface area contributed by atoms with Crippen molar-refractivity contribution < 1.29 is 9.59 Å². The molecule has 1 atom stereocenters. The summed E-state index contributed by atoms with van der Waals surface area (Å²) in [6.45, 7) is 4.03. The molecule has 2 heterocycles. The third kappa shape index (κ3) is 2.75. The molecule has 4 nitrogen and oxygen atoms in total. The maximum atomic E-state index is 13.2. The summed E-state index contributed by atoms with van der Waals surface area (Å²) in [7, 11) is 0. The van der Waals surface area contributed by atoms with Gasteiger partial charge in [0.2, 0.25) is 5.91 Å². The maximum Gasteiger partial charge on any atom is 0.232 e. The molecule has 0 radical (unpaired) electrons. The highest BCUT2D eigenvalue weighted by atomic mass is 16.2. The zero-order valence-corrected chi connectivity index (χ0v) is 15.2. The van der Waals surface area contributed by atoms with Crippen molar-refractivity contribution in [2.24, 2.45) is 0 Å². The van der Waals surface area contributed by atoms with E-state index in [2.05, 4.69) is 4.98 Å². The summed E-state index contributed by atoms with van der Waals surface area (Å²) in [5, 5.41) is 0. The minimum absolute atomic E-state index is 0.0443. The van der Waals surface area contributed by atoms with Gasteiger partial charge in [-0.2, -0.15) is 0 Å². The Hall–Kier alpha value is -2.75. The quantitative estimate of drug-likeness (QED) is 0.818. The molecule has 1 aliphatic heterocycles. The number of ketones is 1. The number of carbonyl (C=O) groups excluding carboxylic acids is 2. The van der Waals surface area contributed by atoms with Gasteiger partial charge < -0.3 is 0 Å². The van der Waals surface area contributed by atoms with E-state index in [4.69, 9.17) is 0 Å². The van der Waals surface area contributed by atoms with Crippen LogP contribution in [0.15, 0.2) is 53.9 Å². The minimum Gasteiger partial charge on any atom is -0.294 e. The van der Waals surface area contributed by atoms with Gasteiger partial charge in [0.25, 0.3) is 0 Å². The Bertz CT molecular complexity index is 915. The fourth-order valence-electron chi connectivity index (χ4n) is 4.07. The smallest absolute Gasteiger partial charge is 0.232 e. The zero-order chi connectivity index (χ0) is 18.3. The van der Waals surface area contributed by atoms with E-state index >= 15 is 0 Å². The second-order valence-electron chi connectivity index (χ2n) is 7.17. The molecule has 0 saturated carbocycles. The van der Waals surface area contributed by atoms with Crippen LogP contribution in [0.2, 0.25) is 0 Å². The largest absolute Gasteiger partial charge is 0.294 e. The number of hydrogen-bond acceptors (Lipinski definition) is 3. The van der Waals surface area contributed by atoms with Gasteiger partial charge in [-0.3, -0.25) is 19.5 Å². The van der Waals surface area contributed by atoms with Gasteiger partial charge in [0.15, 0.2) is 5.78 Å². The molecule has 4 rings (SSSR count). The summed E-state index contributed by atoms with van der Waals surface area (Å²) in [5.74, 6) is -0.0274. The number of allylic oxidation sites excluding steroid dienone is 2. The monoisotopic (exact) mass is 346 g/mol. The van der Waals surface area contributed by atoms with Crippen molar-refractivity contribution >= 4 is 17.4 Å². The second kappa shape index (κ2) is 6.52. The Labute approximate surface area is 153 Å². The second-order valence-corrected chi connectivity index (χ2v) is 7.17. The predicted molar refractivity (Wildman–Crippen MR) is 101 cm³/mol. The number of benzene rings is 1. The van der Waals surface area contributed by atoms with Gasteiger partial charge in [0.05, 0.1) is 5.69 Å². The number of carbonyl (C=O) groups is 2. The first-order valence-corrected chi connectivity index (χ1v) is 9.13. The van der Waals surface area contributed by atoms with Gasteiger partial charge in [0, 0.05) is 41.9 Å². The van der Waals surface area contributed by atoms with Gasteiger partial charge >= 0.3 is 0 Å². The molecular weight excluding hydrogens is 324 g/mol. The summed E-state index contributed by atoms with van der Waals surface area (Å²) in [4.78, 5) is 32.2. The van der Waals surface area contributed by atoms with Crippen LogP contribution >= 0.6 is 0 Å². The highest BCUT2D eigenvalue weighted by Gasteiger charge is 2.40. The Balaban J connectivity index is 1.90. The Morgan fingerprint density at radius 2 is 1.92 bits per heavy atom. The summed E-state index contributed by atoms with van der Waals surface area (Å²) in [5.41, 5.74) is 5.53. The standard InChI is InChI=1S/C22H22N2O2/c1-14-9-10-15(2)19(12-14)24-18-7-5-8-20(25)22(18)16(13-21(24)26)17-6-3-4-11-23-17/h3-4,6,9-12,16H,5,7-8,13H2,1-2H3. The first-order valence-electron chi connectivity index (χ1n) is 9.13. The van der Waals surface area contributed by atoms with Gasteiger partial charge in [-0.25, -0.2) is 0 Å². The van der Waals surface area contributed by atoms with Crippen molar-refractivity contribution in [2.45, 2.75) is 45.4 Å². The van der Waals surface area contributed by atoms with Crippen LogP contribution in [0.1, 0.15) is 48.4 Å². The number of Topliss-reactive ketones (excluding diaryl/α,β-unsaturated/α-hetero) is 1. The van der Waals surface area contributed by atoms with E-state index in [9.17, 15) is 9.59 Å². The van der Waals surface area contributed by atoms with Crippen LogP contribution in [0.5, 0.6) is 0 Å². The molecule has 0 bridgehead atoms. The SMILES string of the molecule is Cc1ccc(C)c(N2C(=O)CC(c3ccccn3)C3=C2CCCC3=O)c1. The van der Waals surface area contributed by atoms with Crippen LogP contribution in [-0.4, -0.2) is 16.7 Å². The van der Waals surface area contributed by atoms with Gasteiger partial charge in [-0.05, 0) is 56.0 Å². The molecule has 1 aliphatic carbocycles. The normalized spacial score (nSPS) is 20.4. The molecule has 0 spiro atoms. The van der Waals surface area contributed by atoms with Crippen molar-refractivity contribution in [1.82, 2.24) is 4.98 Å². The van der Waals surface area contributed by atoms with Crippen molar-refractivity contribution in [1.29, 1.82) is 0 Å². The number of hydrogen-bond donors (Lipinski definition) is 0. The molecule has 0 N–H and O–H groups in total. The number of pyridine rings is 1. The Morgan fingerprint density at radius 1 is 1.08 bits per heavy atom. The van der Waals surface area contributed by atoms with Gasteiger partial charge in [-0.1, -0.05) is 18.2 Å². The van der Waals surface area contributed by atoms with Crippen molar-refractivity contribution in [2.75, 3.05) is 4.90 Å². The topological polar surface area (TPSA) is 50.3 Å². The van der Waals surface area contributed by atoms with E-state index in [1.807, 2.05) is 50.2 Å². The van der Waals surface area contributed by atoms with Crippen LogP contribution in [0.25, 0.3) is 0 Å². The number of aryl methyl sites for hydroxylation is 2. The molecule has 2 aliphatic rings. The predicted octanol–water partition coefficient (Wildman–Crippen LogP) is 4.23. The fraction of sp³-hybridized carbons (Fsp3) is 0.318. The molecule has 1 aromatic heterocycles. The molecule has 1 aromatic carbocycles. The molecule has 1 amide bonds. The summed E-state index contributed by atoms with van der Waals surface area (Å²) >= 11 is 0. The number of amides is 1. The van der Waals surface area contributed by atoms with E-state index in [-0.39, 0.29) is 24.0 Å². The number of rotatable bonds is 2. The lowest BCUT2D eigenvalue weighted by molar-refractivity contribution is -0.120. The van der Waals surface area contributed by atoms with Crippen molar-refractivity contribution in [3.63, 3.8) is 0 Å². The number of nitrogens with zero attached hydrogens (tertiary/aromatic N) is 2. The summed E-state index contributed by atoms with van der Waals surface area (Å²) in [6, 6.07) is 11.8. The molecule has 0 saturated heterocycles. The average Bonchev–Trinajstić information content (AvgIpc) is 2.64. The zero-order valence-electron chi connectivity index (χ0n) is 15.2. The summed E-state index contributed by atoms with van der Waals surface area (Å²) < 4.78 is 0. The average molecular weight is 346 g/mol. The molecule has 1 unspecified atom stereocenters. The van der Waals surface area contributed by atoms with Crippen LogP contribution in [0.4, 0.5) is 5.69 Å². The Kier molecular flexibility index (Phi) is 4.19. The van der Waals surface area contributed by atoms with E-state index in [1.54, 1.807) is 11.1 Å². The van der Waals surface area contributed by atoms with Crippen molar-refractivity contribution in [3.05, 3.63) is 70.7 Å². The lowest BCUT2D eigenvalue weighted by atomic mass is 9.78. The highest BCUT2D eigenvalue weighted by Crippen LogP contribution is 2.43. The number of aromatic nitrogens is 1. The third-order valence-electron chi connectivity index (χ3n) is 5.33.